The van der Waals surface area contributed by atoms with Crippen molar-refractivity contribution in [1.29, 1.82) is 0 Å². The standard InChI is InChI=1S/C11H14N2O4/c1-17-10-4-9(13(15)16)3-2-8(10)5-11(14)6-12-7-11/h2-4,12,14H,5-7H2,1H3. The highest BCUT2D eigenvalue weighted by molar-refractivity contribution is 5.45. The SMILES string of the molecule is COc1cc([N+](=O)[O-])ccc1CC1(O)CNC1. The van der Waals surface area contributed by atoms with Crippen LogP contribution < -0.4 is 10.1 Å². The summed E-state index contributed by atoms with van der Waals surface area (Å²) in [6.45, 7) is 1.07. The predicted octanol–water partition coefficient (Wildman–Crippen LogP) is 0.480. The van der Waals surface area contributed by atoms with Crippen LogP contribution in [0, 0.1) is 10.1 Å². The molecular formula is C11H14N2O4. The van der Waals surface area contributed by atoms with Crippen LogP contribution >= 0.6 is 0 Å². The second-order valence-corrected chi connectivity index (χ2v) is 4.26. The summed E-state index contributed by atoms with van der Waals surface area (Å²) in [7, 11) is 1.46. The lowest BCUT2D eigenvalue weighted by molar-refractivity contribution is -0.384. The molecule has 0 bridgehead atoms. The Labute approximate surface area is 98.4 Å². The normalized spacial score (nSPS) is 17.3. The highest BCUT2D eigenvalue weighted by Crippen LogP contribution is 2.28. The maximum absolute atomic E-state index is 10.6. The van der Waals surface area contributed by atoms with Crippen molar-refractivity contribution in [3.63, 3.8) is 0 Å². The van der Waals surface area contributed by atoms with Crippen LogP contribution in [0.5, 0.6) is 5.75 Å². The summed E-state index contributed by atoms with van der Waals surface area (Å²) in [4.78, 5) is 10.2. The van der Waals surface area contributed by atoms with Crippen LogP contribution in [0.1, 0.15) is 5.56 Å². The third kappa shape index (κ3) is 2.37. The van der Waals surface area contributed by atoms with Crippen LogP contribution in [-0.4, -0.2) is 35.8 Å². The number of rotatable bonds is 4. The molecule has 92 valence electrons. The minimum atomic E-state index is -0.761. The van der Waals surface area contributed by atoms with E-state index in [4.69, 9.17) is 4.74 Å². The first-order chi connectivity index (χ1) is 8.04. The van der Waals surface area contributed by atoms with E-state index in [1.165, 1.54) is 19.2 Å². The molecule has 0 amide bonds. The average Bonchev–Trinajstić information content (AvgIpc) is 2.27. The van der Waals surface area contributed by atoms with E-state index in [0.29, 0.717) is 25.3 Å². The molecule has 1 aliphatic heterocycles. The van der Waals surface area contributed by atoms with Gasteiger partial charge in [-0.2, -0.15) is 0 Å². The summed E-state index contributed by atoms with van der Waals surface area (Å²) >= 11 is 0. The number of methoxy groups -OCH3 is 1. The molecule has 1 fully saturated rings. The number of nitrogens with one attached hydrogen (secondary N) is 1. The van der Waals surface area contributed by atoms with Crippen LogP contribution in [-0.2, 0) is 6.42 Å². The van der Waals surface area contributed by atoms with Crippen molar-refractivity contribution in [3.8, 4) is 5.75 Å². The number of aliphatic hydroxyl groups is 1. The number of hydrogen-bond donors (Lipinski definition) is 2. The van der Waals surface area contributed by atoms with Crippen molar-refractivity contribution in [3.05, 3.63) is 33.9 Å². The number of nitro benzene ring substituents is 1. The Balaban J connectivity index is 2.24. The van der Waals surface area contributed by atoms with Gasteiger partial charge in [0.1, 0.15) is 5.75 Å². The lowest BCUT2D eigenvalue weighted by Gasteiger charge is -2.37. The van der Waals surface area contributed by atoms with Gasteiger partial charge in [-0.25, -0.2) is 0 Å². The maximum atomic E-state index is 10.6. The second kappa shape index (κ2) is 4.31. The summed E-state index contributed by atoms with van der Waals surface area (Å²) < 4.78 is 5.11. The smallest absolute Gasteiger partial charge is 0.273 e. The van der Waals surface area contributed by atoms with Crippen molar-refractivity contribution in [2.45, 2.75) is 12.0 Å². The molecule has 0 saturated carbocycles. The van der Waals surface area contributed by atoms with Gasteiger partial charge in [0.2, 0.25) is 0 Å². The lowest BCUT2D eigenvalue weighted by Crippen LogP contribution is -2.60. The summed E-state index contributed by atoms with van der Waals surface area (Å²) in [6.07, 6.45) is 0.432. The monoisotopic (exact) mass is 238 g/mol. The molecule has 0 spiro atoms. The average molecular weight is 238 g/mol. The van der Waals surface area contributed by atoms with E-state index in [2.05, 4.69) is 5.32 Å². The number of nitro groups is 1. The van der Waals surface area contributed by atoms with E-state index in [0.717, 1.165) is 5.56 Å². The van der Waals surface area contributed by atoms with Crippen molar-refractivity contribution in [2.75, 3.05) is 20.2 Å². The van der Waals surface area contributed by atoms with Crippen LogP contribution in [0.3, 0.4) is 0 Å². The zero-order valence-corrected chi connectivity index (χ0v) is 9.47. The number of benzene rings is 1. The third-order valence-corrected chi connectivity index (χ3v) is 2.91. The molecule has 1 aliphatic rings. The van der Waals surface area contributed by atoms with Gasteiger partial charge < -0.3 is 15.2 Å². The van der Waals surface area contributed by atoms with Gasteiger partial charge in [0, 0.05) is 25.6 Å². The number of ether oxygens (including phenoxy) is 1. The Morgan fingerprint density at radius 2 is 2.29 bits per heavy atom. The topological polar surface area (TPSA) is 84.6 Å². The Hall–Kier alpha value is -1.66. The first-order valence-electron chi connectivity index (χ1n) is 5.28. The number of non-ortho nitro benzene ring substituents is 1. The lowest BCUT2D eigenvalue weighted by atomic mass is 9.89. The summed E-state index contributed by atoms with van der Waals surface area (Å²) in [6, 6.07) is 4.44. The van der Waals surface area contributed by atoms with Crippen molar-refractivity contribution in [2.24, 2.45) is 0 Å². The van der Waals surface area contributed by atoms with Crippen LogP contribution in [0.4, 0.5) is 5.69 Å². The fourth-order valence-corrected chi connectivity index (χ4v) is 1.89. The molecule has 6 heteroatoms. The van der Waals surface area contributed by atoms with Crippen LogP contribution in [0.25, 0.3) is 0 Å². The van der Waals surface area contributed by atoms with E-state index in [-0.39, 0.29) is 5.69 Å². The van der Waals surface area contributed by atoms with Gasteiger partial charge in [-0.1, -0.05) is 0 Å². The number of hydrogen-bond acceptors (Lipinski definition) is 5. The largest absolute Gasteiger partial charge is 0.496 e. The first-order valence-corrected chi connectivity index (χ1v) is 5.28. The van der Waals surface area contributed by atoms with E-state index < -0.39 is 10.5 Å². The Morgan fingerprint density at radius 1 is 1.59 bits per heavy atom. The van der Waals surface area contributed by atoms with Crippen molar-refractivity contribution < 1.29 is 14.8 Å². The Bertz CT molecular complexity index is 443. The number of β-amino-alcohol motifs (C(OH)–C–C–N with tert-alkyl or cyclic N) is 1. The summed E-state index contributed by atoms with van der Waals surface area (Å²) in [5.74, 6) is 0.444. The molecule has 0 radical (unpaired) electrons. The molecule has 0 aromatic heterocycles. The Morgan fingerprint density at radius 3 is 2.76 bits per heavy atom. The predicted molar refractivity (Wildman–Crippen MR) is 61.2 cm³/mol. The van der Waals surface area contributed by atoms with Gasteiger partial charge >= 0.3 is 0 Å². The maximum Gasteiger partial charge on any atom is 0.273 e. The van der Waals surface area contributed by atoms with Gasteiger partial charge in [-0.05, 0) is 11.6 Å². The van der Waals surface area contributed by atoms with Gasteiger partial charge in [0.05, 0.1) is 23.7 Å². The van der Waals surface area contributed by atoms with Crippen LogP contribution in [0.2, 0.25) is 0 Å². The molecular weight excluding hydrogens is 224 g/mol. The fourth-order valence-electron chi connectivity index (χ4n) is 1.89. The van der Waals surface area contributed by atoms with Gasteiger partial charge in [-0.3, -0.25) is 10.1 Å². The van der Waals surface area contributed by atoms with Crippen molar-refractivity contribution in [1.82, 2.24) is 5.32 Å². The fraction of sp³-hybridized carbons (Fsp3) is 0.455. The summed E-state index contributed by atoms with van der Waals surface area (Å²) in [5, 5.41) is 23.6. The second-order valence-electron chi connectivity index (χ2n) is 4.26. The van der Waals surface area contributed by atoms with E-state index >= 15 is 0 Å². The molecule has 1 aromatic carbocycles. The molecule has 6 nitrogen and oxygen atoms in total. The van der Waals surface area contributed by atoms with Gasteiger partial charge in [0.25, 0.3) is 5.69 Å². The molecule has 0 aliphatic carbocycles. The zero-order chi connectivity index (χ0) is 12.5. The van der Waals surface area contributed by atoms with Crippen LogP contribution in [0.15, 0.2) is 18.2 Å². The van der Waals surface area contributed by atoms with Gasteiger partial charge in [0.15, 0.2) is 0 Å². The van der Waals surface area contributed by atoms with Crippen molar-refractivity contribution >= 4 is 5.69 Å². The first kappa shape index (κ1) is 11.8. The third-order valence-electron chi connectivity index (χ3n) is 2.91. The molecule has 0 atom stereocenters. The van der Waals surface area contributed by atoms with E-state index in [1.807, 2.05) is 0 Å². The minimum absolute atomic E-state index is 0.00988. The molecule has 17 heavy (non-hydrogen) atoms. The molecule has 2 N–H and O–H groups in total. The van der Waals surface area contributed by atoms with Gasteiger partial charge in [-0.15, -0.1) is 0 Å². The highest BCUT2D eigenvalue weighted by Gasteiger charge is 2.35. The molecule has 1 saturated heterocycles. The zero-order valence-electron chi connectivity index (χ0n) is 9.47. The molecule has 1 aromatic rings. The Kier molecular flexibility index (Phi) is 2.99. The molecule has 0 unspecified atom stereocenters. The van der Waals surface area contributed by atoms with E-state index in [9.17, 15) is 15.2 Å². The molecule has 2 rings (SSSR count). The number of nitrogens with zero attached hydrogens (tertiary/aromatic N) is 1. The van der Waals surface area contributed by atoms with E-state index in [1.54, 1.807) is 6.07 Å². The quantitative estimate of drug-likeness (QED) is 0.588. The highest BCUT2D eigenvalue weighted by atomic mass is 16.6. The summed E-state index contributed by atoms with van der Waals surface area (Å²) in [5.41, 5.74) is 0.00933. The minimum Gasteiger partial charge on any atom is -0.496 e. The molecule has 1 heterocycles.